The molecule has 3 nitrogen and oxygen atoms in total. The number of hydrogen-bond donors (Lipinski definition) is 3. The van der Waals surface area contributed by atoms with E-state index in [9.17, 15) is 10.2 Å². The fraction of sp³-hybridized carbons (Fsp3) is 0.294. The van der Waals surface area contributed by atoms with Gasteiger partial charge in [0.25, 0.3) is 0 Å². The summed E-state index contributed by atoms with van der Waals surface area (Å²) in [5, 5.41) is 23.4. The van der Waals surface area contributed by atoms with Crippen molar-refractivity contribution in [3.63, 3.8) is 0 Å². The van der Waals surface area contributed by atoms with E-state index in [2.05, 4.69) is 36.5 Å². The molecule has 0 unspecified atom stereocenters. The SMILES string of the molecule is Cc1ccc([C@H]2CNCCc3c2cc(O)c(O)c3Cl)cc1. The van der Waals surface area contributed by atoms with Crippen molar-refractivity contribution < 1.29 is 10.2 Å². The number of nitrogens with one attached hydrogen (secondary N) is 1. The fourth-order valence-electron chi connectivity index (χ4n) is 2.92. The van der Waals surface area contributed by atoms with Gasteiger partial charge >= 0.3 is 0 Å². The lowest BCUT2D eigenvalue weighted by Gasteiger charge is -2.20. The molecule has 0 fully saturated rings. The predicted octanol–water partition coefficient (Wildman–Crippen LogP) is 3.34. The average Bonchev–Trinajstić information content (AvgIpc) is 2.68. The third-order valence-corrected chi connectivity index (χ3v) is 4.52. The second-order valence-electron chi connectivity index (χ2n) is 5.54. The molecule has 0 saturated carbocycles. The van der Waals surface area contributed by atoms with E-state index in [0.29, 0.717) is 0 Å². The molecule has 0 aliphatic carbocycles. The zero-order chi connectivity index (χ0) is 15.0. The molecule has 4 heteroatoms. The van der Waals surface area contributed by atoms with Gasteiger partial charge in [0.1, 0.15) is 0 Å². The van der Waals surface area contributed by atoms with Crippen LogP contribution in [-0.2, 0) is 6.42 Å². The lowest BCUT2D eigenvalue weighted by Crippen LogP contribution is -2.20. The highest BCUT2D eigenvalue weighted by Gasteiger charge is 2.25. The second-order valence-corrected chi connectivity index (χ2v) is 5.92. The van der Waals surface area contributed by atoms with Crippen molar-refractivity contribution >= 4 is 11.6 Å². The minimum atomic E-state index is -0.222. The van der Waals surface area contributed by atoms with Gasteiger partial charge in [-0.2, -0.15) is 0 Å². The molecule has 2 aromatic rings. The summed E-state index contributed by atoms with van der Waals surface area (Å²) in [5.41, 5.74) is 4.30. The number of phenols is 2. The molecule has 3 N–H and O–H groups in total. The van der Waals surface area contributed by atoms with Crippen molar-refractivity contribution in [3.8, 4) is 11.5 Å². The smallest absolute Gasteiger partial charge is 0.176 e. The van der Waals surface area contributed by atoms with Crippen LogP contribution in [0.15, 0.2) is 30.3 Å². The Hall–Kier alpha value is -1.71. The van der Waals surface area contributed by atoms with Gasteiger partial charge in [-0.3, -0.25) is 0 Å². The second kappa shape index (κ2) is 5.58. The van der Waals surface area contributed by atoms with E-state index in [1.807, 2.05) is 0 Å². The highest BCUT2D eigenvalue weighted by Crippen LogP contribution is 2.42. The van der Waals surface area contributed by atoms with Crippen LogP contribution in [0, 0.1) is 6.92 Å². The maximum Gasteiger partial charge on any atom is 0.176 e. The molecule has 1 heterocycles. The van der Waals surface area contributed by atoms with Crippen LogP contribution in [0.3, 0.4) is 0 Å². The minimum absolute atomic E-state index is 0.118. The first-order valence-electron chi connectivity index (χ1n) is 7.08. The zero-order valence-corrected chi connectivity index (χ0v) is 12.6. The van der Waals surface area contributed by atoms with Gasteiger partial charge in [-0.25, -0.2) is 0 Å². The van der Waals surface area contributed by atoms with Crippen molar-refractivity contribution in [2.75, 3.05) is 13.1 Å². The van der Waals surface area contributed by atoms with Crippen LogP contribution in [-0.4, -0.2) is 23.3 Å². The number of aromatic hydroxyl groups is 2. The molecular weight excluding hydrogens is 286 g/mol. The molecule has 0 bridgehead atoms. The Balaban J connectivity index is 2.14. The van der Waals surface area contributed by atoms with Crippen LogP contribution in [0.5, 0.6) is 11.5 Å². The van der Waals surface area contributed by atoms with Crippen LogP contribution in [0.4, 0.5) is 0 Å². The first-order chi connectivity index (χ1) is 10.1. The van der Waals surface area contributed by atoms with Crippen molar-refractivity contribution in [1.82, 2.24) is 5.32 Å². The van der Waals surface area contributed by atoms with Gasteiger partial charge in [-0.05, 0) is 42.6 Å². The molecule has 0 saturated heterocycles. The maximum absolute atomic E-state index is 9.90. The molecule has 1 atom stereocenters. The fourth-order valence-corrected chi connectivity index (χ4v) is 3.22. The first-order valence-corrected chi connectivity index (χ1v) is 7.46. The van der Waals surface area contributed by atoms with E-state index >= 15 is 0 Å². The zero-order valence-electron chi connectivity index (χ0n) is 11.9. The van der Waals surface area contributed by atoms with Crippen LogP contribution in [0.25, 0.3) is 0 Å². The normalized spacial score (nSPS) is 18.1. The Morgan fingerprint density at radius 3 is 2.62 bits per heavy atom. The highest BCUT2D eigenvalue weighted by atomic mass is 35.5. The van der Waals surface area contributed by atoms with Gasteiger partial charge in [-0.1, -0.05) is 41.4 Å². The maximum atomic E-state index is 9.90. The largest absolute Gasteiger partial charge is 0.504 e. The van der Waals surface area contributed by atoms with Gasteiger partial charge in [0.2, 0.25) is 0 Å². The van der Waals surface area contributed by atoms with Crippen molar-refractivity contribution in [2.45, 2.75) is 19.3 Å². The molecule has 0 spiro atoms. The number of hydrogen-bond acceptors (Lipinski definition) is 3. The van der Waals surface area contributed by atoms with E-state index < -0.39 is 0 Å². The van der Waals surface area contributed by atoms with Crippen molar-refractivity contribution in [2.24, 2.45) is 0 Å². The molecule has 1 aliphatic rings. The van der Waals surface area contributed by atoms with Gasteiger partial charge in [0.15, 0.2) is 11.5 Å². The Morgan fingerprint density at radius 2 is 1.90 bits per heavy atom. The molecule has 0 amide bonds. The Morgan fingerprint density at radius 1 is 1.19 bits per heavy atom. The van der Waals surface area contributed by atoms with Gasteiger partial charge in [0.05, 0.1) is 5.02 Å². The lowest BCUT2D eigenvalue weighted by atomic mass is 9.87. The number of halogens is 1. The Bertz CT molecular complexity index is 667. The molecule has 21 heavy (non-hydrogen) atoms. The summed E-state index contributed by atoms with van der Waals surface area (Å²) >= 11 is 6.23. The third kappa shape index (κ3) is 2.59. The summed E-state index contributed by atoms with van der Waals surface area (Å²) in [6, 6.07) is 10.0. The molecular formula is C17H18ClNO2. The van der Waals surface area contributed by atoms with E-state index in [-0.39, 0.29) is 22.4 Å². The van der Waals surface area contributed by atoms with E-state index in [4.69, 9.17) is 11.6 Å². The first kappa shape index (κ1) is 14.2. The average molecular weight is 304 g/mol. The molecule has 3 rings (SSSR count). The predicted molar refractivity (Wildman–Crippen MR) is 84.4 cm³/mol. The van der Waals surface area contributed by atoms with Crippen LogP contribution < -0.4 is 5.32 Å². The summed E-state index contributed by atoms with van der Waals surface area (Å²) in [5.74, 6) is -0.259. The number of rotatable bonds is 1. The van der Waals surface area contributed by atoms with Gasteiger partial charge in [0, 0.05) is 12.5 Å². The standard InChI is InChI=1S/C17H18ClNO2/c1-10-2-4-11(5-3-10)14-9-19-7-6-12-13(14)8-15(20)17(21)16(12)18/h2-5,8,14,19-21H,6-7,9H2,1H3/t14-/m1/s1. The van der Waals surface area contributed by atoms with Crippen molar-refractivity contribution in [3.05, 3.63) is 57.6 Å². The summed E-state index contributed by atoms with van der Waals surface area (Å²) in [6.45, 7) is 3.65. The van der Waals surface area contributed by atoms with Crippen LogP contribution in [0.2, 0.25) is 5.02 Å². The van der Waals surface area contributed by atoms with E-state index in [0.717, 1.165) is 30.6 Å². The highest BCUT2D eigenvalue weighted by molar-refractivity contribution is 6.33. The van der Waals surface area contributed by atoms with Crippen LogP contribution >= 0.6 is 11.6 Å². The number of fused-ring (bicyclic) bond motifs is 1. The third-order valence-electron chi connectivity index (χ3n) is 4.11. The molecule has 0 aromatic heterocycles. The molecule has 110 valence electrons. The topological polar surface area (TPSA) is 52.5 Å². The molecule has 1 aliphatic heterocycles. The summed E-state index contributed by atoms with van der Waals surface area (Å²) in [7, 11) is 0. The van der Waals surface area contributed by atoms with Gasteiger partial charge < -0.3 is 15.5 Å². The van der Waals surface area contributed by atoms with E-state index in [1.54, 1.807) is 6.07 Å². The molecule has 2 aromatic carbocycles. The summed E-state index contributed by atoms with van der Waals surface area (Å²) in [6.07, 6.45) is 0.740. The summed E-state index contributed by atoms with van der Waals surface area (Å²) < 4.78 is 0. The number of phenolic OH excluding ortho intramolecular Hbond substituents is 2. The lowest BCUT2D eigenvalue weighted by molar-refractivity contribution is 0.402. The van der Waals surface area contributed by atoms with Gasteiger partial charge in [-0.15, -0.1) is 0 Å². The number of aryl methyl sites for hydroxylation is 1. The minimum Gasteiger partial charge on any atom is -0.504 e. The van der Waals surface area contributed by atoms with Crippen LogP contribution in [0.1, 0.15) is 28.2 Å². The Kier molecular flexibility index (Phi) is 3.79. The molecule has 0 radical (unpaired) electrons. The Labute approximate surface area is 129 Å². The van der Waals surface area contributed by atoms with Crippen molar-refractivity contribution in [1.29, 1.82) is 0 Å². The monoisotopic (exact) mass is 303 g/mol. The summed E-state index contributed by atoms with van der Waals surface area (Å²) in [4.78, 5) is 0. The van der Waals surface area contributed by atoms with E-state index in [1.165, 1.54) is 11.1 Å². The quantitative estimate of drug-likeness (QED) is 0.708. The number of benzene rings is 2.